The van der Waals surface area contributed by atoms with Crippen LogP contribution in [0.25, 0.3) is 0 Å². The maximum atomic E-state index is 9.43. The summed E-state index contributed by atoms with van der Waals surface area (Å²) < 4.78 is 0. The van der Waals surface area contributed by atoms with Gasteiger partial charge in [0.05, 0.1) is 0 Å². The van der Waals surface area contributed by atoms with Crippen molar-refractivity contribution in [1.82, 2.24) is 0 Å². The molecule has 3 heteroatoms. The second-order valence-electron chi connectivity index (χ2n) is 3.02. The summed E-state index contributed by atoms with van der Waals surface area (Å²) in [4.78, 5) is 0. The Morgan fingerprint density at radius 1 is 1.31 bits per heavy atom. The third-order valence-corrected chi connectivity index (χ3v) is 2.17. The SMILES string of the molecule is CCC(C)c1c(O)cccc1O.[H-].[Na+]. The first kappa shape index (κ1) is 12.8. The summed E-state index contributed by atoms with van der Waals surface area (Å²) in [6, 6.07) is 4.83. The molecule has 0 bridgehead atoms. The maximum absolute atomic E-state index is 9.43. The van der Waals surface area contributed by atoms with E-state index in [-0.39, 0.29) is 48.4 Å². The van der Waals surface area contributed by atoms with Crippen LogP contribution in [-0.4, -0.2) is 10.2 Å². The Balaban J connectivity index is 0. The van der Waals surface area contributed by atoms with Crippen molar-refractivity contribution in [2.24, 2.45) is 0 Å². The molecule has 0 aliphatic heterocycles. The van der Waals surface area contributed by atoms with Crippen molar-refractivity contribution in [1.29, 1.82) is 0 Å². The summed E-state index contributed by atoms with van der Waals surface area (Å²) >= 11 is 0. The quantitative estimate of drug-likeness (QED) is 0.630. The molecule has 0 saturated heterocycles. The van der Waals surface area contributed by atoms with Crippen LogP contribution in [0.15, 0.2) is 18.2 Å². The molecule has 1 aromatic rings. The average molecular weight is 190 g/mol. The predicted octanol–water partition coefficient (Wildman–Crippen LogP) is -0.272. The van der Waals surface area contributed by atoms with E-state index in [0.29, 0.717) is 5.56 Å². The van der Waals surface area contributed by atoms with Gasteiger partial charge in [0.2, 0.25) is 0 Å². The number of aromatic hydroxyl groups is 2. The van der Waals surface area contributed by atoms with Gasteiger partial charge in [0, 0.05) is 5.56 Å². The Kier molecular flexibility index (Phi) is 5.45. The molecule has 0 amide bonds. The fourth-order valence-electron chi connectivity index (χ4n) is 1.25. The molecule has 0 spiro atoms. The summed E-state index contributed by atoms with van der Waals surface area (Å²) in [5.74, 6) is 0.569. The number of rotatable bonds is 2. The predicted molar refractivity (Wildman–Crippen MR) is 49.6 cm³/mol. The van der Waals surface area contributed by atoms with Crippen LogP contribution >= 0.6 is 0 Å². The van der Waals surface area contributed by atoms with Gasteiger partial charge in [-0.1, -0.05) is 19.9 Å². The largest absolute Gasteiger partial charge is 1.00 e. The van der Waals surface area contributed by atoms with Crippen molar-refractivity contribution in [2.45, 2.75) is 26.2 Å². The molecule has 1 rings (SSSR count). The van der Waals surface area contributed by atoms with Crippen LogP contribution in [0.1, 0.15) is 33.2 Å². The van der Waals surface area contributed by atoms with E-state index >= 15 is 0 Å². The van der Waals surface area contributed by atoms with Crippen LogP contribution in [-0.2, 0) is 0 Å². The van der Waals surface area contributed by atoms with E-state index in [1.165, 1.54) is 0 Å². The zero-order valence-corrected chi connectivity index (χ0v) is 10.4. The molecule has 2 N–H and O–H groups in total. The van der Waals surface area contributed by atoms with E-state index in [1.54, 1.807) is 18.2 Å². The topological polar surface area (TPSA) is 40.5 Å². The van der Waals surface area contributed by atoms with E-state index in [4.69, 9.17) is 0 Å². The second-order valence-corrected chi connectivity index (χ2v) is 3.02. The molecule has 13 heavy (non-hydrogen) atoms. The fourth-order valence-corrected chi connectivity index (χ4v) is 1.25. The smallest absolute Gasteiger partial charge is 1.00 e. The minimum absolute atomic E-state index is 0. The van der Waals surface area contributed by atoms with Gasteiger partial charge in [0.25, 0.3) is 0 Å². The molecule has 0 aliphatic carbocycles. The molecule has 0 aliphatic rings. The first-order chi connectivity index (χ1) is 5.66. The summed E-state index contributed by atoms with van der Waals surface area (Å²) in [5.41, 5.74) is 0.653. The Hall–Kier alpha value is -0.180. The summed E-state index contributed by atoms with van der Waals surface area (Å²) in [6.07, 6.45) is 0.908. The van der Waals surface area contributed by atoms with Crippen LogP contribution < -0.4 is 29.6 Å². The van der Waals surface area contributed by atoms with E-state index in [2.05, 4.69) is 0 Å². The van der Waals surface area contributed by atoms with Crippen molar-refractivity contribution in [2.75, 3.05) is 0 Å². The molecule has 1 aromatic carbocycles. The average Bonchev–Trinajstić information content (AvgIpc) is 2.03. The molecule has 2 nitrogen and oxygen atoms in total. The molecule has 1 atom stereocenters. The van der Waals surface area contributed by atoms with Gasteiger partial charge in [-0.05, 0) is 24.5 Å². The Morgan fingerprint density at radius 3 is 2.15 bits per heavy atom. The van der Waals surface area contributed by atoms with Gasteiger partial charge in [-0.2, -0.15) is 0 Å². The third kappa shape index (κ3) is 2.90. The van der Waals surface area contributed by atoms with Crippen molar-refractivity contribution in [3.8, 4) is 11.5 Å². The zero-order chi connectivity index (χ0) is 9.14. The standard InChI is InChI=1S/C10H14O2.Na.H/c1-3-7(2)10-8(11)5-4-6-9(10)12;;/h4-7,11-12H,3H2,1-2H3;;/q;+1;-1. The minimum atomic E-state index is 0. The summed E-state index contributed by atoms with van der Waals surface area (Å²) in [6.45, 7) is 4.01. The monoisotopic (exact) mass is 190 g/mol. The number of phenolic OH excluding ortho intramolecular Hbond substituents is 2. The molecule has 68 valence electrons. The van der Waals surface area contributed by atoms with E-state index in [9.17, 15) is 10.2 Å². The molecule has 0 heterocycles. The van der Waals surface area contributed by atoms with Gasteiger partial charge in [-0.25, -0.2) is 0 Å². The molecule has 0 fully saturated rings. The van der Waals surface area contributed by atoms with E-state index < -0.39 is 0 Å². The van der Waals surface area contributed by atoms with Crippen molar-refractivity contribution in [3.63, 3.8) is 0 Å². The van der Waals surface area contributed by atoms with Gasteiger partial charge in [0.15, 0.2) is 0 Å². The summed E-state index contributed by atoms with van der Waals surface area (Å²) in [5, 5.41) is 18.9. The molecular formula is C10H15NaO2. The van der Waals surface area contributed by atoms with Crippen LogP contribution in [0.4, 0.5) is 0 Å². The van der Waals surface area contributed by atoms with Crippen LogP contribution in [0.2, 0.25) is 0 Å². The number of phenols is 2. The molecule has 0 aromatic heterocycles. The molecule has 0 saturated carbocycles. The van der Waals surface area contributed by atoms with Gasteiger partial charge >= 0.3 is 29.6 Å². The van der Waals surface area contributed by atoms with Crippen molar-refractivity contribution >= 4 is 0 Å². The van der Waals surface area contributed by atoms with Crippen LogP contribution in [0.3, 0.4) is 0 Å². The Morgan fingerprint density at radius 2 is 1.77 bits per heavy atom. The molecule has 1 unspecified atom stereocenters. The van der Waals surface area contributed by atoms with Gasteiger partial charge in [0.1, 0.15) is 11.5 Å². The number of hydrogen-bond donors (Lipinski definition) is 2. The second kappa shape index (κ2) is 5.53. The normalized spacial score (nSPS) is 11.8. The third-order valence-electron chi connectivity index (χ3n) is 2.17. The van der Waals surface area contributed by atoms with Crippen LogP contribution in [0, 0.1) is 0 Å². The summed E-state index contributed by atoms with van der Waals surface area (Å²) in [7, 11) is 0. The van der Waals surface area contributed by atoms with Crippen LogP contribution in [0.5, 0.6) is 11.5 Å². The van der Waals surface area contributed by atoms with Gasteiger partial charge < -0.3 is 11.6 Å². The molecular weight excluding hydrogens is 175 g/mol. The number of benzene rings is 1. The maximum Gasteiger partial charge on any atom is 1.00 e. The fraction of sp³-hybridized carbons (Fsp3) is 0.400. The number of hydrogen-bond acceptors (Lipinski definition) is 2. The minimum Gasteiger partial charge on any atom is -1.00 e. The van der Waals surface area contributed by atoms with Crippen molar-refractivity contribution < 1.29 is 41.2 Å². The van der Waals surface area contributed by atoms with Crippen molar-refractivity contribution in [3.05, 3.63) is 23.8 Å². The van der Waals surface area contributed by atoms with Gasteiger partial charge in [-0.3, -0.25) is 0 Å². The van der Waals surface area contributed by atoms with Gasteiger partial charge in [-0.15, -0.1) is 0 Å². The molecule has 0 radical (unpaired) electrons. The Bertz CT molecular complexity index is 259. The van der Waals surface area contributed by atoms with E-state index in [0.717, 1.165) is 6.42 Å². The first-order valence-electron chi connectivity index (χ1n) is 4.17. The first-order valence-corrected chi connectivity index (χ1v) is 4.17. The van der Waals surface area contributed by atoms with E-state index in [1.807, 2.05) is 13.8 Å². The Labute approximate surface area is 102 Å². The zero-order valence-electron chi connectivity index (χ0n) is 9.41.